The zero-order valence-electron chi connectivity index (χ0n) is 18.3. The second-order valence-electron chi connectivity index (χ2n) is 8.70. The van der Waals surface area contributed by atoms with Crippen molar-refractivity contribution in [3.8, 4) is 0 Å². The fourth-order valence-electron chi connectivity index (χ4n) is 4.42. The van der Waals surface area contributed by atoms with Gasteiger partial charge in [-0.3, -0.25) is 14.7 Å². The number of aliphatic imine (C=N–C) groups is 1. The minimum atomic E-state index is 0.325. The van der Waals surface area contributed by atoms with Crippen molar-refractivity contribution >= 4 is 11.9 Å². The summed E-state index contributed by atoms with van der Waals surface area (Å²) in [4.78, 5) is 21.1. The molecule has 166 valence electrons. The summed E-state index contributed by atoms with van der Waals surface area (Å²) < 4.78 is 5.97. The third-order valence-corrected chi connectivity index (χ3v) is 6.60. The fraction of sp³-hybridized carbons (Fsp3) is 0.909. The quantitative estimate of drug-likeness (QED) is 0.347. The molecular formula is C22H41N5O2. The second kappa shape index (κ2) is 12.4. The predicted octanol–water partition coefficient (Wildman–Crippen LogP) is 1.84. The summed E-state index contributed by atoms with van der Waals surface area (Å²) in [6, 6.07) is 0. The van der Waals surface area contributed by atoms with E-state index in [1.807, 2.05) is 7.05 Å². The molecule has 7 nitrogen and oxygen atoms in total. The average Bonchev–Trinajstić information content (AvgIpc) is 2.72. The molecule has 2 saturated carbocycles. The van der Waals surface area contributed by atoms with Gasteiger partial charge in [-0.25, -0.2) is 0 Å². The van der Waals surface area contributed by atoms with E-state index in [1.165, 1.54) is 38.5 Å². The maximum Gasteiger partial charge on any atom is 0.225 e. The molecular weight excluding hydrogens is 366 g/mol. The van der Waals surface area contributed by atoms with Crippen molar-refractivity contribution in [2.45, 2.75) is 63.9 Å². The van der Waals surface area contributed by atoms with Crippen LogP contribution in [0.15, 0.2) is 4.99 Å². The Kier molecular flexibility index (Phi) is 9.54. The van der Waals surface area contributed by atoms with Gasteiger partial charge in [-0.1, -0.05) is 25.7 Å². The Morgan fingerprint density at radius 3 is 2.34 bits per heavy atom. The summed E-state index contributed by atoms with van der Waals surface area (Å²) in [5.74, 6) is 1.58. The smallest absolute Gasteiger partial charge is 0.225 e. The highest BCUT2D eigenvalue weighted by atomic mass is 16.5. The molecule has 0 aromatic carbocycles. The molecule has 0 unspecified atom stereocenters. The fourth-order valence-corrected chi connectivity index (χ4v) is 4.42. The number of carbonyl (C=O) groups is 1. The highest BCUT2D eigenvalue weighted by Crippen LogP contribution is 2.28. The van der Waals surface area contributed by atoms with Gasteiger partial charge in [-0.2, -0.15) is 0 Å². The minimum absolute atomic E-state index is 0.325. The van der Waals surface area contributed by atoms with Gasteiger partial charge >= 0.3 is 0 Å². The zero-order chi connectivity index (χ0) is 20.3. The van der Waals surface area contributed by atoms with Crippen molar-refractivity contribution in [2.24, 2.45) is 10.9 Å². The summed E-state index contributed by atoms with van der Waals surface area (Å²) in [6.45, 7) is 7.28. The zero-order valence-corrected chi connectivity index (χ0v) is 18.3. The van der Waals surface area contributed by atoms with Gasteiger partial charge in [0, 0.05) is 65.4 Å². The standard InChI is InChI=1S/C22H41N5O2/c1-23-22(24-11-6-18-29-20-9-3-2-4-10-20)25-12-13-26-14-16-27(17-15-26)21(28)19-7-5-8-19/h19-20H,2-18H2,1H3,(H2,23,24,25). The van der Waals surface area contributed by atoms with E-state index in [0.717, 1.165) is 77.6 Å². The molecule has 0 atom stereocenters. The van der Waals surface area contributed by atoms with Crippen LogP contribution in [0, 0.1) is 5.92 Å². The summed E-state index contributed by atoms with van der Waals surface area (Å²) in [5.41, 5.74) is 0. The Labute approximate surface area is 176 Å². The third kappa shape index (κ3) is 7.45. The van der Waals surface area contributed by atoms with Crippen LogP contribution in [0.4, 0.5) is 0 Å². The van der Waals surface area contributed by atoms with E-state index < -0.39 is 0 Å². The third-order valence-electron chi connectivity index (χ3n) is 6.60. The number of hydrogen-bond acceptors (Lipinski definition) is 4. The first kappa shape index (κ1) is 22.3. The van der Waals surface area contributed by atoms with Gasteiger partial charge in [0.05, 0.1) is 6.10 Å². The van der Waals surface area contributed by atoms with E-state index in [1.54, 1.807) is 0 Å². The predicted molar refractivity (Wildman–Crippen MR) is 117 cm³/mol. The molecule has 0 aromatic rings. The number of nitrogens with one attached hydrogen (secondary N) is 2. The Morgan fingerprint density at radius 2 is 1.69 bits per heavy atom. The van der Waals surface area contributed by atoms with E-state index in [9.17, 15) is 4.79 Å². The topological polar surface area (TPSA) is 69.2 Å². The molecule has 7 heteroatoms. The molecule has 29 heavy (non-hydrogen) atoms. The van der Waals surface area contributed by atoms with Gasteiger partial charge in [-0.15, -0.1) is 0 Å². The van der Waals surface area contributed by atoms with Crippen LogP contribution in [0.25, 0.3) is 0 Å². The molecule has 1 aliphatic heterocycles. The van der Waals surface area contributed by atoms with Crippen LogP contribution in [-0.2, 0) is 9.53 Å². The summed E-state index contributed by atoms with van der Waals surface area (Å²) in [6.07, 6.45) is 11.4. The largest absolute Gasteiger partial charge is 0.378 e. The van der Waals surface area contributed by atoms with Crippen LogP contribution in [0.1, 0.15) is 57.8 Å². The van der Waals surface area contributed by atoms with Gasteiger partial charge in [-0.05, 0) is 32.1 Å². The van der Waals surface area contributed by atoms with Crippen molar-refractivity contribution in [2.75, 3.05) is 59.5 Å². The lowest BCUT2D eigenvalue weighted by Crippen LogP contribution is -2.52. The molecule has 1 heterocycles. The summed E-state index contributed by atoms with van der Waals surface area (Å²) in [5, 5.41) is 6.78. The van der Waals surface area contributed by atoms with Crippen molar-refractivity contribution < 1.29 is 9.53 Å². The number of amides is 1. The lowest BCUT2D eigenvalue weighted by atomic mass is 9.84. The maximum atomic E-state index is 12.3. The van der Waals surface area contributed by atoms with Crippen molar-refractivity contribution in [3.63, 3.8) is 0 Å². The Hall–Kier alpha value is -1.34. The van der Waals surface area contributed by atoms with Crippen LogP contribution >= 0.6 is 0 Å². The first-order chi connectivity index (χ1) is 14.3. The molecule has 0 aromatic heterocycles. The average molecular weight is 408 g/mol. The molecule has 1 saturated heterocycles. The Bertz CT molecular complexity index is 509. The lowest BCUT2D eigenvalue weighted by Gasteiger charge is -2.38. The molecule has 0 spiro atoms. The molecule has 0 radical (unpaired) electrons. The summed E-state index contributed by atoms with van der Waals surface area (Å²) in [7, 11) is 1.82. The Balaban J connectivity index is 1.19. The summed E-state index contributed by atoms with van der Waals surface area (Å²) >= 11 is 0. The van der Waals surface area contributed by atoms with E-state index in [4.69, 9.17) is 4.74 Å². The molecule has 3 fully saturated rings. The highest BCUT2D eigenvalue weighted by Gasteiger charge is 2.30. The van der Waals surface area contributed by atoms with Crippen LogP contribution < -0.4 is 10.6 Å². The number of guanidine groups is 1. The molecule has 3 rings (SSSR count). The number of rotatable bonds is 9. The van der Waals surface area contributed by atoms with Gasteiger partial charge in [0.25, 0.3) is 0 Å². The van der Waals surface area contributed by atoms with Crippen molar-refractivity contribution in [1.82, 2.24) is 20.4 Å². The van der Waals surface area contributed by atoms with E-state index in [0.29, 0.717) is 17.9 Å². The molecule has 0 bridgehead atoms. The first-order valence-electron chi connectivity index (χ1n) is 11.8. The number of hydrogen-bond donors (Lipinski definition) is 2. The number of carbonyl (C=O) groups excluding carboxylic acids is 1. The SMILES string of the molecule is CN=C(NCCCOC1CCCCC1)NCCN1CCN(C(=O)C2CCC2)CC1. The Morgan fingerprint density at radius 1 is 0.966 bits per heavy atom. The second-order valence-corrected chi connectivity index (χ2v) is 8.70. The first-order valence-corrected chi connectivity index (χ1v) is 11.8. The van der Waals surface area contributed by atoms with Gasteiger partial charge < -0.3 is 20.3 Å². The van der Waals surface area contributed by atoms with Crippen LogP contribution in [0.3, 0.4) is 0 Å². The highest BCUT2D eigenvalue weighted by molar-refractivity contribution is 5.80. The van der Waals surface area contributed by atoms with Gasteiger partial charge in [0.15, 0.2) is 5.96 Å². The van der Waals surface area contributed by atoms with E-state index in [-0.39, 0.29) is 0 Å². The normalized spacial score (nSPS) is 22.4. The lowest BCUT2D eigenvalue weighted by molar-refractivity contribution is -0.139. The van der Waals surface area contributed by atoms with E-state index >= 15 is 0 Å². The van der Waals surface area contributed by atoms with Gasteiger partial charge in [0.2, 0.25) is 5.91 Å². The van der Waals surface area contributed by atoms with E-state index in [2.05, 4.69) is 25.4 Å². The monoisotopic (exact) mass is 407 g/mol. The van der Waals surface area contributed by atoms with Crippen molar-refractivity contribution in [3.05, 3.63) is 0 Å². The number of nitrogens with zero attached hydrogens (tertiary/aromatic N) is 3. The van der Waals surface area contributed by atoms with Crippen LogP contribution in [0.5, 0.6) is 0 Å². The number of ether oxygens (including phenoxy) is 1. The minimum Gasteiger partial charge on any atom is -0.378 e. The van der Waals surface area contributed by atoms with Gasteiger partial charge in [0.1, 0.15) is 0 Å². The molecule has 3 aliphatic rings. The molecule has 2 aliphatic carbocycles. The molecule has 1 amide bonds. The molecule has 2 N–H and O–H groups in total. The maximum absolute atomic E-state index is 12.3. The van der Waals surface area contributed by atoms with Crippen molar-refractivity contribution in [1.29, 1.82) is 0 Å². The number of piperazine rings is 1. The van der Waals surface area contributed by atoms with Crippen LogP contribution in [0.2, 0.25) is 0 Å². The van der Waals surface area contributed by atoms with Crippen LogP contribution in [-0.4, -0.2) is 87.2 Å².